The first kappa shape index (κ1) is 20.8. The molecule has 0 saturated carbocycles. The summed E-state index contributed by atoms with van der Waals surface area (Å²) in [6, 6.07) is 15.5. The number of carbonyl (C=O) groups is 1. The summed E-state index contributed by atoms with van der Waals surface area (Å²) in [4.78, 5) is 14.0. The molecule has 2 aromatic heterocycles. The van der Waals surface area contributed by atoms with E-state index < -0.39 is 0 Å². The Hall–Kier alpha value is -3.45. The summed E-state index contributed by atoms with van der Waals surface area (Å²) in [5.41, 5.74) is 2.99. The molecule has 1 N–H and O–H groups in total. The Morgan fingerprint density at radius 1 is 1.00 bits per heavy atom. The Morgan fingerprint density at radius 3 is 2.29 bits per heavy atom. The van der Waals surface area contributed by atoms with Crippen LogP contribution >= 0.6 is 11.3 Å². The minimum Gasteiger partial charge on any atom is -0.493 e. The maximum Gasteiger partial charge on any atom is 0.256 e. The molecule has 0 saturated heterocycles. The first-order chi connectivity index (χ1) is 15.0. The Morgan fingerprint density at radius 2 is 1.68 bits per heavy atom. The molecule has 4 rings (SSSR count). The van der Waals surface area contributed by atoms with Crippen molar-refractivity contribution >= 4 is 27.5 Å². The van der Waals surface area contributed by atoms with Crippen molar-refractivity contribution in [3.8, 4) is 28.6 Å². The Balaban J connectivity index is 1.59. The number of aryl methyl sites for hydroxylation is 1. The topological polar surface area (TPSA) is 69.9 Å². The molecular formula is C24H23NO5S. The van der Waals surface area contributed by atoms with Gasteiger partial charge in [-0.3, -0.25) is 4.79 Å². The highest BCUT2D eigenvalue weighted by Crippen LogP contribution is 2.39. The predicted octanol–water partition coefficient (Wildman–Crippen LogP) is 5.43. The zero-order valence-corrected chi connectivity index (χ0v) is 18.6. The zero-order valence-electron chi connectivity index (χ0n) is 17.8. The van der Waals surface area contributed by atoms with Crippen molar-refractivity contribution in [3.05, 3.63) is 64.5 Å². The lowest BCUT2D eigenvalue weighted by Gasteiger charge is -2.14. The normalized spacial score (nSPS) is 10.8. The van der Waals surface area contributed by atoms with Gasteiger partial charge in [-0.15, -0.1) is 11.3 Å². The van der Waals surface area contributed by atoms with Crippen molar-refractivity contribution in [3.63, 3.8) is 0 Å². The van der Waals surface area contributed by atoms with E-state index in [0.29, 0.717) is 34.9 Å². The third-order valence-electron chi connectivity index (χ3n) is 5.00. The highest BCUT2D eigenvalue weighted by molar-refractivity contribution is 7.19. The average molecular weight is 438 g/mol. The summed E-state index contributed by atoms with van der Waals surface area (Å²) in [6.07, 6.45) is 0. The van der Waals surface area contributed by atoms with E-state index in [0.717, 1.165) is 26.5 Å². The smallest absolute Gasteiger partial charge is 0.256 e. The van der Waals surface area contributed by atoms with Crippen molar-refractivity contribution < 1.29 is 23.4 Å². The molecule has 31 heavy (non-hydrogen) atoms. The number of benzene rings is 2. The number of carbonyl (C=O) groups excluding carboxylic acids is 1. The van der Waals surface area contributed by atoms with E-state index in [1.54, 1.807) is 32.7 Å². The molecular weight excluding hydrogens is 414 g/mol. The van der Waals surface area contributed by atoms with Crippen molar-refractivity contribution in [2.75, 3.05) is 21.3 Å². The molecule has 0 aliphatic heterocycles. The number of fused-ring (bicyclic) bond motifs is 1. The number of nitrogens with one attached hydrogen (secondary N) is 1. The molecule has 0 atom stereocenters. The molecule has 2 aromatic carbocycles. The maximum absolute atomic E-state index is 13.0. The third-order valence-corrected chi connectivity index (χ3v) is 6.04. The summed E-state index contributed by atoms with van der Waals surface area (Å²) in [7, 11) is 4.68. The van der Waals surface area contributed by atoms with E-state index in [1.807, 2.05) is 55.5 Å². The predicted molar refractivity (Wildman–Crippen MR) is 122 cm³/mol. The molecule has 0 unspecified atom stereocenters. The van der Waals surface area contributed by atoms with Crippen LogP contribution < -0.4 is 19.5 Å². The van der Waals surface area contributed by atoms with E-state index in [9.17, 15) is 4.79 Å². The molecule has 0 spiro atoms. The van der Waals surface area contributed by atoms with Crippen LogP contribution in [0.15, 0.2) is 52.9 Å². The van der Waals surface area contributed by atoms with Crippen LogP contribution in [0.25, 0.3) is 21.6 Å². The molecule has 0 aliphatic carbocycles. The van der Waals surface area contributed by atoms with Crippen LogP contribution in [0, 0.1) is 6.92 Å². The molecule has 6 nitrogen and oxygen atoms in total. The lowest BCUT2D eigenvalue weighted by molar-refractivity contribution is 0.0951. The van der Waals surface area contributed by atoms with E-state index in [2.05, 4.69) is 5.32 Å². The lowest BCUT2D eigenvalue weighted by atomic mass is 10.1. The summed E-state index contributed by atoms with van der Waals surface area (Å²) < 4.78 is 23.2. The summed E-state index contributed by atoms with van der Waals surface area (Å²) in [6.45, 7) is 2.23. The maximum atomic E-state index is 13.0. The number of rotatable bonds is 7. The fraction of sp³-hybridized carbons (Fsp3) is 0.208. The first-order valence-electron chi connectivity index (χ1n) is 9.71. The molecule has 0 radical (unpaired) electrons. The molecule has 0 aliphatic rings. The fourth-order valence-corrected chi connectivity index (χ4v) is 4.54. The molecule has 0 fully saturated rings. The highest BCUT2D eigenvalue weighted by atomic mass is 32.1. The van der Waals surface area contributed by atoms with Gasteiger partial charge in [-0.2, -0.15) is 0 Å². The minimum atomic E-state index is -0.188. The van der Waals surface area contributed by atoms with Gasteiger partial charge in [0.15, 0.2) is 17.1 Å². The van der Waals surface area contributed by atoms with Crippen LogP contribution in [0.4, 0.5) is 0 Å². The highest BCUT2D eigenvalue weighted by Gasteiger charge is 2.21. The van der Waals surface area contributed by atoms with Gasteiger partial charge in [0.05, 0.1) is 31.6 Å². The molecule has 2 heterocycles. The number of thiophene rings is 1. The Labute approximate surface area is 184 Å². The van der Waals surface area contributed by atoms with Crippen molar-refractivity contribution in [2.24, 2.45) is 0 Å². The van der Waals surface area contributed by atoms with Crippen LogP contribution in [-0.4, -0.2) is 27.2 Å². The zero-order chi connectivity index (χ0) is 22.0. The van der Waals surface area contributed by atoms with E-state index in [1.165, 1.54) is 0 Å². The standard InChI is InChI=1S/C24H23NO5S/c1-14-21(23-20(31-14)12-17(30-23)16-8-6-5-7-9-16)24(26)25-13-15-10-18(27-2)22(29-4)19(11-15)28-3/h5-12H,13H2,1-4H3,(H,25,26). The second-order valence-corrected chi connectivity index (χ2v) is 8.18. The summed E-state index contributed by atoms with van der Waals surface area (Å²) in [5, 5.41) is 2.98. The van der Waals surface area contributed by atoms with E-state index in [4.69, 9.17) is 18.6 Å². The van der Waals surface area contributed by atoms with Crippen LogP contribution in [0.2, 0.25) is 0 Å². The van der Waals surface area contributed by atoms with Crippen molar-refractivity contribution in [1.29, 1.82) is 0 Å². The minimum absolute atomic E-state index is 0.188. The fourth-order valence-electron chi connectivity index (χ4n) is 3.52. The number of furan rings is 1. The van der Waals surface area contributed by atoms with Crippen LogP contribution in [0.3, 0.4) is 0 Å². The van der Waals surface area contributed by atoms with E-state index >= 15 is 0 Å². The van der Waals surface area contributed by atoms with Crippen molar-refractivity contribution in [1.82, 2.24) is 5.32 Å². The average Bonchev–Trinajstić information content (AvgIpc) is 3.33. The number of amides is 1. The SMILES string of the molecule is COc1cc(CNC(=O)c2c(C)sc3cc(-c4ccccc4)oc23)cc(OC)c1OC. The van der Waals surface area contributed by atoms with E-state index in [-0.39, 0.29) is 5.91 Å². The van der Waals surface area contributed by atoms with Gasteiger partial charge >= 0.3 is 0 Å². The van der Waals surface area contributed by atoms with Crippen LogP contribution in [0.1, 0.15) is 20.8 Å². The first-order valence-corrected chi connectivity index (χ1v) is 10.5. The van der Waals surface area contributed by atoms with Gasteiger partial charge in [-0.25, -0.2) is 0 Å². The molecule has 1 amide bonds. The number of hydrogen-bond donors (Lipinski definition) is 1. The lowest BCUT2D eigenvalue weighted by Crippen LogP contribution is -2.23. The summed E-state index contributed by atoms with van der Waals surface area (Å²) in [5.74, 6) is 2.16. The Kier molecular flexibility index (Phi) is 5.86. The van der Waals surface area contributed by atoms with Gasteiger partial charge in [0.2, 0.25) is 5.75 Å². The monoisotopic (exact) mass is 437 g/mol. The number of ether oxygens (including phenoxy) is 3. The van der Waals surface area contributed by atoms with Crippen LogP contribution in [0.5, 0.6) is 17.2 Å². The third kappa shape index (κ3) is 3.96. The second-order valence-electron chi connectivity index (χ2n) is 6.92. The largest absolute Gasteiger partial charge is 0.493 e. The van der Waals surface area contributed by atoms with Gasteiger partial charge in [-0.1, -0.05) is 30.3 Å². The van der Waals surface area contributed by atoms with Gasteiger partial charge in [0.25, 0.3) is 5.91 Å². The molecule has 0 bridgehead atoms. The van der Waals surface area contributed by atoms with Gasteiger partial charge in [0.1, 0.15) is 5.76 Å². The number of hydrogen-bond acceptors (Lipinski definition) is 6. The molecule has 4 aromatic rings. The quantitative estimate of drug-likeness (QED) is 0.418. The number of methoxy groups -OCH3 is 3. The Bertz CT molecular complexity index is 1200. The van der Waals surface area contributed by atoms with Crippen molar-refractivity contribution in [2.45, 2.75) is 13.5 Å². The molecule has 160 valence electrons. The molecule has 7 heteroatoms. The second kappa shape index (κ2) is 8.73. The summed E-state index contributed by atoms with van der Waals surface area (Å²) >= 11 is 1.55. The van der Waals surface area contributed by atoms with Gasteiger partial charge in [-0.05, 0) is 24.6 Å². The van der Waals surface area contributed by atoms with Gasteiger partial charge < -0.3 is 23.9 Å². The van der Waals surface area contributed by atoms with Gasteiger partial charge in [0, 0.05) is 23.1 Å². The van der Waals surface area contributed by atoms with Crippen LogP contribution in [-0.2, 0) is 6.54 Å².